The molecule has 1 nitrogen and oxygen atoms in total. The number of hydrogen-bond acceptors (Lipinski definition) is 1. The van der Waals surface area contributed by atoms with Gasteiger partial charge in [-0.25, -0.2) is 0 Å². The minimum Gasteiger partial charge on any atom is -0.389 e. The lowest BCUT2D eigenvalue weighted by Crippen LogP contribution is -2.33. The molecule has 0 bridgehead atoms. The molecule has 0 amide bonds. The van der Waals surface area contributed by atoms with E-state index in [2.05, 4.69) is 28.9 Å². The van der Waals surface area contributed by atoms with Crippen LogP contribution in [0.4, 0.5) is 0 Å². The summed E-state index contributed by atoms with van der Waals surface area (Å²) in [7, 11) is 0. The third kappa shape index (κ3) is 2.43. The molecule has 1 N–H and O–H groups in total. The van der Waals surface area contributed by atoms with Crippen molar-refractivity contribution in [3.8, 4) is 0 Å². The van der Waals surface area contributed by atoms with Gasteiger partial charge in [-0.1, -0.05) is 41.1 Å². The smallest absolute Gasteiger partial charge is 0.0713 e. The first-order valence-corrected chi connectivity index (χ1v) is 6.41. The largest absolute Gasteiger partial charge is 0.389 e. The first kappa shape index (κ1) is 11.2. The third-order valence-corrected chi connectivity index (χ3v) is 4.18. The van der Waals surface area contributed by atoms with Crippen LogP contribution >= 0.6 is 15.9 Å². The summed E-state index contributed by atoms with van der Waals surface area (Å²) in [6, 6.07) is 8.17. The van der Waals surface area contributed by atoms with Crippen molar-refractivity contribution in [2.75, 3.05) is 0 Å². The van der Waals surface area contributed by atoms with E-state index in [0.29, 0.717) is 5.92 Å². The molecule has 2 heteroatoms. The van der Waals surface area contributed by atoms with Gasteiger partial charge in [0.2, 0.25) is 0 Å². The van der Waals surface area contributed by atoms with Crippen molar-refractivity contribution in [3.05, 3.63) is 34.3 Å². The molecule has 1 unspecified atom stereocenters. The fourth-order valence-electron chi connectivity index (χ4n) is 2.15. The molecule has 1 aliphatic rings. The Labute approximate surface area is 99.6 Å². The van der Waals surface area contributed by atoms with Crippen LogP contribution in [0, 0.1) is 5.92 Å². The van der Waals surface area contributed by atoms with E-state index in [1.54, 1.807) is 0 Å². The zero-order chi connectivity index (χ0) is 10.9. The summed E-state index contributed by atoms with van der Waals surface area (Å²) >= 11 is 3.54. The van der Waals surface area contributed by atoms with Gasteiger partial charge in [-0.2, -0.15) is 0 Å². The molecule has 1 aromatic carbocycles. The molecule has 0 aliphatic heterocycles. The van der Waals surface area contributed by atoms with Gasteiger partial charge in [0, 0.05) is 10.9 Å². The molecule has 0 saturated heterocycles. The van der Waals surface area contributed by atoms with Crippen LogP contribution < -0.4 is 0 Å². The summed E-state index contributed by atoms with van der Waals surface area (Å²) in [6.45, 7) is 2.08. The molecular weight excluding hydrogens is 252 g/mol. The maximum atomic E-state index is 10.5. The van der Waals surface area contributed by atoms with Gasteiger partial charge in [0.05, 0.1) is 5.60 Å². The Balaban J connectivity index is 2.16. The van der Waals surface area contributed by atoms with E-state index < -0.39 is 5.60 Å². The summed E-state index contributed by atoms with van der Waals surface area (Å²) in [4.78, 5) is 0. The van der Waals surface area contributed by atoms with Crippen molar-refractivity contribution in [3.63, 3.8) is 0 Å². The molecule has 0 spiro atoms. The molecule has 0 heterocycles. The highest BCUT2D eigenvalue weighted by Crippen LogP contribution is 2.43. The van der Waals surface area contributed by atoms with E-state index in [1.807, 2.05) is 18.2 Å². The van der Waals surface area contributed by atoms with Gasteiger partial charge in [0.1, 0.15) is 0 Å². The molecule has 1 aliphatic carbocycles. The highest BCUT2D eigenvalue weighted by Gasteiger charge is 2.42. The van der Waals surface area contributed by atoms with Gasteiger partial charge < -0.3 is 5.11 Å². The molecule has 15 heavy (non-hydrogen) atoms. The van der Waals surface area contributed by atoms with E-state index in [9.17, 15) is 5.11 Å². The van der Waals surface area contributed by atoms with Crippen molar-refractivity contribution < 1.29 is 5.11 Å². The average Bonchev–Trinajstić information content (AvgIpc) is 3.05. The lowest BCUT2D eigenvalue weighted by Gasteiger charge is -2.27. The fraction of sp³-hybridized carbons (Fsp3) is 0.538. The van der Waals surface area contributed by atoms with Crippen molar-refractivity contribution >= 4 is 15.9 Å². The standard InChI is InChI=1S/C13H17BrO/c1-2-13(15,11-7-8-11)9-10-5-3-4-6-12(10)14/h3-6,11,15H,2,7-9H2,1H3. The van der Waals surface area contributed by atoms with Crippen molar-refractivity contribution in [2.24, 2.45) is 5.92 Å². The average molecular weight is 269 g/mol. The van der Waals surface area contributed by atoms with Crippen LogP contribution in [0.5, 0.6) is 0 Å². The van der Waals surface area contributed by atoms with E-state index in [4.69, 9.17) is 0 Å². The SMILES string of the molecule is CCC(O)(Cc1ccccc1Br)C1CC1. The summed E-state index contributed by atoms with van der Waals surface area (Å²) < 4.78 is 1.11. The highest BCUT2D eigenvalue weighted by atomic mass is 79.9. The van der Waals surface area contributed by atoms with Crippen molar-refractivity contribution in [1.82, 2.24) is 0 Å². The molecule has 1 saturated carbocycles. The Hall–Kier alpha value is -0.340. The summed E-state index contributed by atoms with van der Waals surface area (Å²) in [5, 5.41) is 10.5. The predicted molar refractivity (Wildman–Crippen MR) is 65.8 cm³/mol. The van der Waals surface area contributed by atoms with Crippen LogP contribution in [0.2, 0.25) is 0 Å². The first-order valence-electron chi connectivity index (χ1n) is 5.61. The molecule has 1 fully saturated rings. The van der Waals surface area contributed by atoms with Crippen LogP contribution in [0.15, 0.2) is 28.7 Å². The van der Waals surface area contributed by atoms with Crippen molar-refractivity contribution in [1.29, 1.82) is 0 Å². The molecule has 1 aromatic rings. The normalized spacial score (nSPS) is 19.9. The Kier molecular flexibility index (Phi) is 3.17. The zero-order valence-electron chi connectivity index (χ0n) is 9.04. The highest BCUT2D eigenvalue weighted by molar-refractivity contribution is 9.10. The van der Waals surface area contributed by atoms with Gasteiger partial charge in [-0.05, 0) is 36.8 Å². The number of halogens is 1. The minimum absolute atomic E-state index is 0.482. The molecular formula is C13H17BrO. The summed E-state index contributed by atoms with van der Waals surface area (Å²) in [5.41, 5.74) is 0.734. The minimum atomic E-state index is -0.482. The van der Waals surface area contributed by atoms with Crippen LogP contribution in [0.1, 0.15) is 31.7 Å². The second-order valence-corrected chi connectivity index (χ2v) is 5.35. The van der Waals surface area contributed by atoms with Gasteiger partial charge in [-0.3, -0.25) is 0 Å². The third-order valence-electron chi connectivity index (χ3n) is 3.40. The molecule has 2 rings (SSSR count). The molecule has 1 atom stereocenters. The second-order valence-electron chi connectivity index (χ2n) is 4.50. The van der Waals surface area contributed by atoms with Crippen LogP contribution in [0.3, 0.4) is 0 Å². The number of benzene rings is 1. The number of rotatable bonds is 4. The van der Waals surface area contributed by atoms with Gasteiger partial charge in [0.25, 0.3) is 0 Å². The maximum Gasteiger partial charge on any atom is 0.0713 e. The van der Waals surface area contributed by atoms with Crippen LogP contribution in [0.25, 0.3) is 0 Å². The Morgan fingerprint density at radius 2 is 2.07 bits per heavy atom. The predicted octanol–water partition coefficient (Wildman–Crippen LogP) is 3.54. The lowest BCUT2D eigenvalue weighted by atomic mass is 9.87. The summed E-state index contributed by atoms with van der Waals surface area (Å²) in [5.74, 6) is 0.523. The molecule has 0 aromatic heterocycles. The van der Waals surface area contributed by atoms with Gasteiger partial charge in [0.15, 0.2) is 0 Å². The monoisotopic (exact) mass is 268 g/mol. The van der Waals surface area contributed by atoms with Crippen LogP contribution in [-0.4, -0.2) is 10.7 Å². The Bertz CT molecular complexity index is 346. The maximum absolute atomic E-state index is 10.5. The number of hydrogen-bond donors (Lipinski definition) is 1. The van der Waals surface area contributed by atoms with E-state index in [1.165, 1.54) is 18.4 Å². The number of aliphatic hydroxyl groups is 1. The quantitative estimate of drug-likeness (QED) is 0.886. The molecule has 0 radical (unpaired) electrons. The Morgan fingerprint density at radius 3 is 2.60 bits per heavy atom. The first-order chi connectivity index (χ1) is 7.15. The van der Waals surface area contributed by atoms with Gasteiger partial charge in [-0.15, -0.1) is 0 Å². The topological polar surface area (TPSA) is 20.2 Å². The fourth-order valence-corrected chi connectivity index (χ4v) is 2.58. The van der Waals surface area contributed by atoms with Gasteiger partial charge >= 0.3 is 0 Å². The van der Waals surface area contributed by atoms with E-state index in [0.717, 1.165) is 17.3 Å². The molecule has 82 valence electrons. The van der Waals surface area contributed by atoms with E-state index in [-0.39, 0.29) is 0 Å². The zero-order valence-corrected chi connectivity index (χ0v) is 10.6. The Morgan fingerprint density at radius 1 is 1.40 bits per heavy atom. The second kappa shape index (κ2) is 4.26. The van der Waals surface area contributed by atoms with Crippen LogP contribution in [-0.2, 0) is 6.42 Å². The lowest BCUT2D eigenvalue weighted by molar-refractivity contribution is 0.0137. The van der Waals surface area contributed by atoms with E-state index >= 15 is 0 Å². The van der Waals surface area contributed by atoms with Crippen molar-refractivity contribution in [2.45, 2.75) is 38.2 Å². The summed E-state index contributed by atoms with van der Waals surface area (Å²) in [6.07, 6.45) is 4.00.